The fraction of sp³-hybridized carbons (Fsp3) is 0.143. The fourth-order valence-electron chi connectivity index (χ4n) is 13.3. The van der Waals surface area contributed by atoms with E-state index in [1.807, 2.05) is 68.0 Å². The Morgan fingerprint density at radius 1 is 0.349 bits per heavy atom. The highest BCUT2D eigenvalue weighted by Crippen LogP contribution is 2.55. The van der Waals surface area contributed by atoms with E-state index in [0.717, 1.165) is 0 Å². The second kappa shape index (κ2) is 19.5. The first kappa shape index (κ1) is 52.7. The smallest absolute Gasteiger partial charge is 0.277 e. The van der Waals surface area contributed by atoms with Crippen LogP contribution in [0.15, 0.2) is 206 Å². The zero-order chi connectivity index (χ0) is 58.1. The SMILES string of the molecule is CC(C)c1cc2c3c(c1)N(c1cc(-c4cc5ccccc5s4)cc(-c4cc5ccccc5s4)c1)c1c(sc4ccc(C(C)(C)C)cc14)B3c1sc3ccc(C(C)(C)C)cc3c1N2c1cc(-c2cc3ccccc3s2)cc(-c2cc3ccccc3s2)c1. The molecule has 0 saturated heterocycles. The Morgan fingerprint density at radius 3 is 1.00 bits per heavy atom. The topological polar surface area (TPSA) is 6.48 Å². The first-order valence-corrected chi connectivity index (χ1v) is 34.7. The largest absolute Gasteiger partial charge is 0.310 e. The van der Waals surface area contributed by atoms with Crippen molar-refractivity contribution in [2.24, 2.45) is 0 Å². The van der Waals surface area contributed by atoms with Crippen LogP contribution in [-0.4, -0.2) is 6.71 Å². The van der Waals surface area contributed by atoms with Crippen molar-refractivity contribution in [1.29, 1.82) is 0 Å². The summed E-state index contributed by atoms with van der Waals surface area (Å²) in [6, 6.07) is 80.1. The monoisotopic (exact) mass is 1210 g/mol. The molecule has 86 heavy (non-hydrogen) atoms. The molecule has 0 unspecified atom stereocenters. The lowest BCUT2D eigenvalue weighted by atomic mass is 9.39. The van der Waals surface area contributed by atoms with E-state index in [0.29, 0.717) is 0 Å². The van der Waals surface area contributed by atoms with Crippen LogP contribution in [0, 0.1) is 0 Å². The molecule has 0 atom stereocenters. The summed E-state index contributed by atoms with van der Waals surface area (Å²) in [5.74, 6) is 0.234. The molecule has 6 aromatic heterocycles. The van der Waals surface area contributed by atoms with E-state index in [9.17, 15) is 0 Å². The second-order valence-corrected chi connectivity index (χ2v) is 32.4. The van der Waals surface area contributed by atoms with Gasteiger partial charge in [0.1, 0.15) is 0 Å². The predicted molar refractivity (Wildman–Crippen MR) is 386 cm³/mol. The molecule has 0 radical (unpaired) electrons. The highest BCUT2D eigenvalue weighted by Gasteiger charge is 2.48. The first-order valence-electron chi connectivity index (χ1n) is 29.8. The van der Waals surface area contributed by atoms with Gasteiger partial charge in [-0.25, -0.2) is 0 Å². The number of thiophene rings is 6. The van der Waals surface area contributed by atoms with Crippen molar-refractivity contribution in [3.63, 3.8) is 0 Å². The zero-order valence-electron chi connectivity index (χ0n) is 49.1. The summed E-state index contributed by atoms with van der Waals surface area (Å²) in [6.07, 6.45) is 0. The molecule has 17 rings (SSSR count). The van der Waals surface area contributed by atoms with Crippen molar-refractivity contribution < 1.29 is 0 Å². The molecule has 15 aromatic rings. The standard InChI is InChI=1S/C77H59BN2S6/c1-43(2)48-35-59-71-60(36-48)80(56-33-51(69-39-46-19-11-15-23-63(46)83-69)30-52(34-56)70-40-47-20-12-16-24-64(47)84-70)73-58-42-54(77(6,7)8)26-28-66(58)86-75(73)78(71)74-72(57-41-53(76(3,4)5)25-27-65(57)85-74)79(59)55-31-49(67-37-44-17-9-13-21-61(44)81-67)29-50(32-55)68-38-45-18-10-14-22-62(45)82-68/h9-43H,1-8H3. The minimum atomic E-state index is -0.0539. The van der Waals surface area contributed by atoms with E-state index in [1.165, 1.54) is 168 Å². The molecule has 2 nitrogen and oxygen atoms in total. The molecule has 2 aliphatic heterocycles. The zero-order valence-corrected chi connectivity index (χ0v) is 54.0. The van der Waals surface area contributed by atoms with Gasteiger partial charge in [-0.2, -0.15) is 0 Å². The van der Waals surface area contributed by atoms with Gasteiger partial charge in [0, 0.05) is 90.8 Å². The molecular weight excluding hydrogens is 1160 g/mol. The summed E-state index contributed by atoms with van der Waals surface area (Å²) < 4.78 is 10.7. The Labute approximate surface area is 526 Å². The molecule has 0 fully saturated rings. The molecule has 0 amide bonds. The summed E-state index contributed by atoms with van der Waals surface area (Å²) in [4.78, 5) is 10.6. The van der Waals surface area contributed by atoms with Crippen LogP contribution < -0.4 is 24.8 Å². The van der Waals surface area contributed by atoms with Crippen LogP contribution in [-0.2, 0) is 10.8 Å². The molecule has 0 bridgehead atoms. The van der Waals surface area contributed by atoms with Gasteiger partial charge in [-0.3, -0.25) is 0 Å². The highest BCUT2D eigenvalue weighted by molar-refractivity contribution is 7.41. The fourth-order valence-corrected chi connectivity index (χ4v) is 20.2. The summed E-state index contributed by atoms with van der Waals surface area (Å²) in [5, 5.41) is 7.76. The average molecular weight is 1220 g/mol. The molecule has 9 aromatic carbocycles. The van der Waals surface area contributed by atoms with E-state index in [-0.39, 0.29) is 23.5 Å². The van der Waals surface area contributed by atoms with Crippen LogP contribution in [0.1, 0.15) is 78.0 Å². The summed E-state index contributed by atoms with van der Waals surface area (Å²) in [5.41, 5.74) is 17.7. The van der Waals surface area contributed by atoms with Gasteiger partial charge in [0.05, 0.1) is 11.4 Å². The number of hydrogen-bond acceptors (Lipinski definition) is 8. The average Bonchev–Trinajstić information content (AvgIpc) is 1.39. The van der Waals surface area contributed by atoms with E-state index < -0.39 is 0 Å². The Hall–Kier alpha value is -7.60. The van der Waals surface area contributed by atoms with Crippen LogP contribution in [0.3, 0.4) is 0 Å². The summed E-state index contributed by atoms with van der Waals surface area (Å²) in [7, 11) is 0. The molecule has 2 aliphatic rings. The van der Waals surface area contributed by atoms with Crippen molar-refractivity contribution in [1.82, 2.24) is 0 Å². The number of hydrogen-bond donors (Lipinski definition) is 0. The minimum absolute atomic E-state index is 0.0228. The molecule has 0 saturated carbocycles. The third kappa shape index (κ3) is 8.48. The van der Waals surface area contributed by atoms with E-state index >= 15 is 0 Å². The minimum Gasteiger partial charge on any atom is -0.310 e. The third-order valence-electron chi connectivity index (χ3n) is 17.9. The lowest BCUT2D eigenvalue weighted by Gasteiger charge is -2.43. The summed E-state index contributed by atoms with van der Waals surface area (Å²) >= 11 is 11.6. The molecule has 0 N–H and O–H groups in total. The Bertz CT molecular complexity index is 4650. The Balaban J connectivity index is 0.997. The molecule has 0 spiro atoms. The third-order valence-corrected chi connectivity index (χ3v) is 25.0. The van der Waals surface area contributed by atoms with Crippen LogP contribution >= 0.6 is 68.0 Å². The van der Waals surface area contributed by atoms with Crippen molar-refractivity contribution in [2.45, 2.75) is 72.1 Å². The van der Waals surface area contributed by atoms with Gasteiger partial charge >= 0.3 is 0 Å². The number of nitrogens with zero attached hydrogens (tertiary/aromatic N) is 2. The molecular formula is C77H59BN2S6. The first-order chi connectivity index (χ1) is 41.6. The molecule has 9 heteroatoms. The van der Waals surface area contributed by atoms with Crippen molar-refractivity contribution in [2.75, 3.05) is 9.80 Å². The van der Waals surface area contributed by atoms with Crippen LogP contribution in [0.2, 0.25) is 0 Å². The maximum Gasteiger partial charge on any atom is 0.277 e. The maximum atomic E-state index is 2.74. The second-order valence-electron chi connectivity index (χ2n) is 25.9. The van der Waals surface area contributed by atoms with Crippen LogP contribution in [0.5, 0.6) is 0 Å². The number of fused-ring (bicyclic) bond motifs is 12. The van der Waals surface area contributed by atoms with E-state index in [2.05, 4.69) is 271 Å². The predicted octanol–water partition coefficient (Wildman–Crippen LogP) is 23.4. The number of anilines is 6. The lowest BCUT2D eigenvalue weighted by molar-refractivity contribution is 0.591. The van der Waals surface area contributed by atoms with Crippen molar-refractivity contribution in [3.8, 4) is 41.8 Å². The van der Waals surface area contributed by atoms with Gasteiger partial charge in [0.2, 0.25) is 0 Å². The Morgan fingerprint density at radius 2 is 0.686 bits per heavy atom. The molecule has 416 valence electrons. The lowest BCUT2D eigenvalue weighted by Crippen LogP contribution is -2.59. The quantitative estimate of drug-likeness (QED) is 0.147. The van der Waals surface area contributed by atoms with Gasteiger partial charge < -0.3 is 9.80 Å². The van der Waals surface area contributed by atoms with Gasteiger partial charge in [-0.1, -0.05) is 140 Å². The van der Waals surface area contributed by atoms with Crippen LogP contribution in [0.25, 0.3) is 102 Å². The van der Waals surface area contributed by atoms with Crippen molar-refractivity contribution in [3.05, 3.63) is 223 Å². The Kier molecular flexibility index (Phi) is 11.9. The van der Waals surface area contributed by atoms with Gasteiger partial charge in [0.25, 0.3) is 6.71 Å². The van der Waals surface area contributed by atoms with Gasteiger partial charge in [-0.15, -0.1) is 68.0 Å². The normalized spacial score (nSPS) is 13.4. The highest BCUT2D eigenvalue weighted by atomic mass is 32.1. The van der Waals surface area contributed by atoms with Gasteiger partial charge in [0.15, 0.2) is 0 Å². The van der Waals surface area contributed by atoms with E-state index in [1.54, 1.807) is 0 Å². The summed E-state index contributed by atoms with van der Waals surface area (Å²) in [6.45, 7) is 18.9. The van der Waals surface area contributed by atoms with E-state index in [4.69, 9.17) is 0 Å². The number of benzene rings is 9. The maximum absolute atomic E-state index is 2.74. The van der Waals surface area contributed by atoms with Crippen molar-refractivity contribution >= 4 is 184 Å². The molecule has 0 aliphatic carbocycles. The number of rotatable bonds is 7. The molecule has 8 heterocycles. The van der Waals surface area contributed by atoms with Crippen LogP contribution in [0.4, 0.5) is 34.1 Å². The van der Waals surface area contributed by atoms with Gasteiger partial charge in [-0.05, 0) is 204 Å².